The quantitative estimate of drug-likeness (QED) is 0.438. The number of unbranched alkanes of at least 4 members (excludes halogenated alkanes) is 3. The van der Waals surface area contributed by atoms with Gasteiger partial charge in [0.15, 0.2) is 0 Å². The van der Waals surface area contributed by atoms with Gasteiger partial charge in [0.05, 0.1) is 0 Å². The Bertz CT molecular complexity index is 292. The van der Waals surface area contributed by atoms with Gasteiger partial charge in [0.1, 0.15) is 0 Å². The first kappa shape index (κ1) is 16.4. The van der Waals surface area contributed by atoms with Crippen LogP contribution in [-0.2, 0) is 9.59 Å². The summed E-state index contributed by atoms with van der Waals surface area (Å²) in [6.45, 7) is 0. The van der Waals surface area contributed by atoms with Gasteiger partial charge >= 0.3 is 11.9 Å². The predicted octanol–water partition coefficient (Wildman–Crippen LogP) is 3.39. The molecule has 0 aromatic heterocycles. The summed E-state index contributed by atoms with van der Waals surface area (Å²) < 4.78 is 0. The van der Waals surface area contributed by atoms with Crippen LogP contribution >= 0.6 is 0 Å². The zero-order valence-electron chi connectivity index (χ0n) is 10.7. The fraction of sp³-hybridized carbons (Fsp3) is 0.571. The molecule has 2 N–H and O–H groups in total. The van der Waals surface area contributed by atoms with Crippen molar-refractivity contribution in [3.63, 3.8) is 0 Å². The van der Waals surface area contributed by atoms with Crippen LogP contribution in [0.3, 0.4) is 0 Å². The van der Waals surface area contributed by atoms with Gasteiger partial charge in [-0.1, -0.05) is 30.7 Å². The molecule has 18 heavy (non-hydrogen) atoms. The van der Waals surface area contributed by atoms with E-state index < -0.39 is 11.9 Å². The minimum Gasteiger partial charge on any atom is -0.481 e. The second-order valence-corrected chi connectivity index (χ2v) is 4.10. The number of carboxylic acids is 2. The van der Waals surface area contributed by atoms with Crippen LogP contribution in [0.25, 0.3) is 0 Å². The van der Waals surface area contributed by atoms with Gasteiger partial charge in [-0.2, -0.15) is 0 Å². The highest BCUT2D eigenvalue weighted by atomic mass is 16.4. The Hall–Kier alpha value is -1.58. The van der Waals surface area contributed by atoms with E-state index in [-0.39, 0.29) is 12.8 Å². The Labute approximate surface area is 108 Å². The minimum absolute atomic E-state index is 0.184. The highest BCUT2D eigenvalue weighted by Gasteiger charge is 1.94. The Balaban J connectivity index is 3.27. The summed E-state index contributed by atoms with van der Waals surface area (Å²) in [7, 11) is 0. The van der Waals surface area contributed by atoms with Crippen LogP contribution in [0.4, 0.5) is 0 Å². The molecule has 0 aromatic carbocycles. The van der Waals surface area contributed by atoms with E-state index in [0.717, 1.165) is 32.1 Å². The molecule has 0 aliphatic carbocycles. The topological polar surface area (TPSA) is 74.6 Å². The largest absolute Gasteiger partial charge is 0.481 e. The zero-order valence-corrected chi connectivity index (χ0v) is 10.7. The van der Waals surface area contributed by atoms with E-state index in [4.69, 9.17) is 10.2 Å². The molecule has 102 valence electrons. The van der Waals surface area contributed by atoms with Gasteiger partial charge in [0, 0.05) is 12.8 Å². The third-order valence-corrected chi connectivity index (χ3v) is 2.39. The van der Waals surface area contributed by atoms with Crippen LogP contribution < -0.4 is 0 Å². The van der Waals surface area contributed by atoms with Crippen LogP contribution in [0.1, 0.15) is 51.4 Å². The van der Waals surface area contributed by atoms with Gasteiger partial charge in [-0.05, 0) is 32.1 Å². The van der Waals surface area contributed by atoms with Crippen molar-refractivity contribution in [3.05, 3.63) is 24.3 Å². The van der Waals surface area contributed by atoms with E-state index in [1.54, 1.807) is 0 Å². The molecule has 0 fully saturated rings. The summed E-state index contributed by atoms with van der Waals surface area (Å²) in [5.41, 5.74) is 0. The average Bonchev–Trinajstić information content (AvgIpc) is 2.29. The number of allylic oxidation sites excluding steroid dienone is 4. The number of rotatable bonds is 11. The van der Waals surface area contributed by atoms with Crippen LogP contribution in [0.15, 0.2) is 24.3 Å². The lowest BCUT2D eigenvalue weighted by Crippen LogP contribution is -1.93. The van der Waals surface area contributed by atoms with E-state index in [1.165, 1.54) is 0 Å². The molecule has 4 heteroatoms. The molecule has 0 amide bonds. The Kier molecular flexibility index (Phi) is 10.8. The van der Waals surface area contributed by atoms with E-state index in [2.05, 4.69) is 12.2 Å². The minimum atomic E-state index is -0.767. The SMILES string of the molecule is O=C(O)CC/C=C\CC=CCCCCCC(=O)O. The van der Waals surface area contributed by atoms with Gasteiger partial charge in [0.25, 0.3) is 0 Å². The number of hydrogen-bond donors (Lipinski definition) is 2. The highest BCUT2D eigenvalue weighted by Crippen LogP contribution is 2.04. The fourth-order valence-electron chi connectivity index (χ4n) is 1.43. The molecule has 4 nitrogen and oxygen atoms in total. The summed E-state index contributed by atoms with van der Waals surface area (Å²) in [4.78, 5) is 20.5. The number of hydrogen-bond acceptors (Lipinski definition) is 2. The smallest absolute Gasteiger partial charge is 0.303 e. The maximum atomic E-state index is 10.2. The summed E-state index contributed by atoms with van der Waals surface area (Å²) >= 11 is 0. The Morgan fingerprint density at radius 3 is 1.94 bits per heavy atom. The summed E-state index contributed by atoms with van der Waals surface area (Å²) in [5.74, 6) is -1.49. The Morgan fingerprint density at radius 1 is 0.722 bits per heavy atom. The number of carbonyl (C=O) groups is 2. The summed E-state index contributed by atoms with van der Waals surface area (Å²) in [6.07, 6.45) is 13.5. The lowest BCUT2D eigenvalue weighted by Gasteiger charge is -1.94. The van der Waals surface area contributed by atoms with Crippen molar-refractivity contribution in [2.75, 3.05) is 0 Å². The molecule has 0 saturated heterocycles. The molecule has 0 aromatic rings. The van der Waals surface area contributed by atoms with Crippen molar-refractivity contribution >= 4 is 11.9 Å². The lowest BCUT2D eigenvalue weighted by atomic mass is 10.1. The van der Waals surface area contributed by atoms with Crippen LogP contribution in [0, 0.1) is 0 Å². The third-order valence-electron chi connectivity index (χ3n) is 2.39. The second-order valence-electron chi connectivity index (χ2n) is 4.10. The zero-order chi connectivity index (χ0) is 13.6. The van der Waals surface area contributed by atoms with Gasteiger partial charge < -0.3 is 10.2 Å². The number of aliphatic carboxylic acids is 2. The maximum Gasteiger partial charge on any atom is 0.303 e. The molecule has 0 atom stereocenters. The summed E-state index contributed by atoms with van der Waals surface area (Å²) in [5, 5.41) is 16.8. The highest BCUT2D eigenvalue weighted by molar-refractivity contribution is 5.66. The van der Waals surface area contributed by atoms with Crippen LogP contribution in [0.5, 0.6) is 0 Å². The monoisotopic (exact) mass is 254 g/mol. The molecule has 0 radical (unpaired) electrons. The van der Waals surface area contributed by atoms with Crippen molar-refractivity contribution in [1.29, 1.82) is 0 Å². The fourth-order valence-corrected chi connectivity index (χ4v) is 1.43. The van der Waals surface area contributed by atoms with E-state index in [0.29, 0.717) is 6.42 Å². The summed E-state index contributed by atoms with van der Waals surface area (Å²) in [6, 6.07) is 0. The van der Waals surface area contributed by atoms with Crippen molar-refractivity contribution in [2.24, 2.45) is 0 Å². The van der Waals surface area contributed by atoms with Gasteiger partial charge in [-0.25, -0.2) is 0 Å². The molecule has 0 heterocycles. The van der Waals surface area contributed by atoms with E-state index in [9.17, 15) is 9.59 Å². The molecule has 0 saturated carbocycles. The number of carboxylic acid groups (broad SMARTS) is 2. The second kappa shape index (κ2) is 11.9. The molecule has 0 bridgehead atoms. The van der Waals surface area contributed by atoms with Crippen molar-refractivity contribution in [1.82, 2.24) is 0 Å². The Morgan fingerprint density at radius 2 is 1.33 bits per heavy atom. The average molecular weight is 254 g/mol. The van der Waals surface area contributed by atoms with E-state index >= 15 is 0 Å². The van der Waals surface area contributed by atoms with E-state index in [1.807, 2.05) is 12.2 Å². The van der Waals surface area contributed by atoms with Crippen molar-refractivity contribution < 1.29 is 19.8 Å². The van der Waals surface area contributed by atoms with Crippen LogP contribution in [-0.4, -0.2) is 22.2 Å². The predicted molar refractivity (Wildman–Crippen MR) is 70.5 cm³/mol. The normalized spacial score (nSPS) is 11.3. The third kappa shape index (κ3) is 14.4. The van der Waals surface area contributed by atoms with Gasteiger partial charge in [-0.15, -0.1) is 0 Å². The van der Waals surface area contributed by atoms with Crippen molar-refractivity contribution in [2.45, 2.75) is 51.4 Å². The molecule has 0 rings (SSSR count). The molecule has 0 spiro atoms. The maximum absolute atomic E-state index is 10.2. The van der Waals surface area contributed by atoms with Crippen LogP contribution in [0.2, 0.25) is 0 Å². The first-order valence-electron chi connectivity index (χ1n) is 6.36. The standard InChI is InChI=1S/C14H22O4/c15-13(16)11-9-7-5-3-1-2-4-6-8-10-12-14(17)18/h1-2,5,7H,3-4,6,8-12H2,(H,15,16)(H,17,18)/b2-1?,7-5-. The van der Waals surface area contributed by atoms with Gasteiger partial charge in [0.2, 0.25) is 0 Å². The molecular formula is C14H22O4. The van der Waals surface area contributed by atoms with Crippen molar-refractivity contribution in [3.8, 4) is 0 Å². The lowest BCUT2D eigenvalue weighted by molar-refractivity contribution is -0.138. The molecule has 0 aliphatic rings. The first-order chi connectivity index (χ1) is 8.63. The van der Waals surface area contributed by atoms with Gasteiger partial charge in [-0.3, -0.25) is 9.59 Å². The first-order valence-corrected chi connectivity index (χ1v) is 6.36. The molecular weight excluding hydrogens is 232 g/mol. The molecule has 0 unspecified atom stereocenters. The molecule has 0 aliphatic heterocycles.